The van der Waals surface area contributed by atoms with Crippen LogP contribution in [-0.2, 0) is 0 Å². The fourth-order valence-electron chi connectivity index (χ4n) is 1.36. The molecule has 0 bridgehead atoms. The largest absolute Gasteiger partial charge is 0.357 e. The number of nitrogens with one attached hydrogen (secondary N) is 1. The van der Waals surface area contributed by atoms with Crippen molar-refractivity contribution in [3.63, 3.8) is 0 Å². The van der Waals surface area contributed by atoms with Gasteiger partial charge >= 0.3 is 0 Å². The van der Waals surface area contributed by atoms with Crippen LogP contribution in [0.4, 0.5) is 0 Å². The quantitative estimate of drug-likeness (QED) is 0.534. The second kappa shape index (κ2) is 20.3. The lowest BCUT2D eigenvalue weighted by atomic mass is 10.3. The lowest BCUT2D eigenvalue weighted by Gasteiger charge is -2.22. The van der Waals surface area contributed by atoms with Gasteiger partial charge in [-0.2, -0.15) is 0 Å². The summed E-state index contributed by atoms with van der Waals surface area (Å²) < 4.78 is 0. The van der Waals surface area contributed by atoms with E-state index in [4.69, 9.17) is 0 Å². The van der Waals surface area contributed by atoms with Gasteiger partial charge in [0.2, 0.25) is 0 Å². The molecule has 0 atom stereocenters. The minimum atomic E-state index is 1.05. The molecule has 23 heavy (non-hydrogen) atoms. The maximum atomic E-state index is 3.73. The fourth-order valence-corrected chi connectivity index (χ4v) is 2.34. The fraction of sp³-hybridized carbons (Fsp3) is 0.333. The zero-order valence-corrected chi connectivity index (χ0v) is 16.9. The van der Waals surface area contributed by atoms with Crippen LogP contribution in [0.25, 0.3) is 0 Å². The summed E-state index contributed by atoms with van der Waals surface area (Å²) in [7, 11) is 0. The summed E-state index contributed by atoms with van der Waals surface area (Å²) in [4.78, 5) is 2.31. The summed E-state index contributed by atoms with van der Waals surface area (Å²) >= 11 is 1.71. The van der Waals surface area contributed by atoms with Crippen LogP contribution in [0.3, 0.4) is 0 Å². The molecular formula is C21H35NS. The van der Waals surface area contributed by atoms with Gasteiger partial charge < -0.3 is 5.32 Å². The Balaban J connectivity index is -0.000000595. The highest BCUT2D eigenvalue weighted by atomic mass is 32.2. The van der Waals surface area contributed by atoms with Crippen LogP contribution in [0, 0.1) is 0 Å². The molecule has 0 saturated heterocycles. The van der Waals surface area contributed by atoms with E-state index in [-0.39, 0.29) is 0 Å². The van der Waals surface area contributed by atoms with Gasteiger partial charge in [-0.05, 0) is 25.2 Å². The van der Waals surface area contributed by atoms with Crippen molar-refractivity contribution in [1.29, 1.82) is 0 Å². The number of thioether (sulfide) groups is 1. The highest BCUT2D eigenvalue weighted by molar-refractivity contribution is 8.07. The first kappa shape index (κ1) is 26.2. The van der Waals surface area contributed by atoms with Gasteiger partial charge in [0.1, 0.15) is 0 Å². The van der Waals surface area contributed by atoms with E-state index in [1.54, 1.807) is 30.0 Å². The van der Waals surface area contributed by atoms with Gasteiger partial charge in [-0.1, -0.05) is 97.3 Å². The van der Waals surface area contributed by atoms with Gasteiger partial charge in [-0.25, -0.2) is 0 Å². The molecule has 1 nitrogen and oxygen atoms in total. The average molecular weight is 334 g/mol. The summed E-state index contributed by atoms with van der Waals surface area (Å²) in [5, 5.41) is 3.36. The maximum Gasteiger partial charge on any atom is 0.0523 e. The minimum absolute atomic E-state index is 1.05. The second-order valence-corrected chi connectivity index (χ2v) is 4.48. The first-order chi connectivity index (χ1) is 11.2. The van der Waals surface area contributed by atoms with Crippen molar-refractivity contribution in [1.82, 2.24) is 5.32 Å². The SMILES string of the molecule is C=C/C=C\C1=C(C)NC(=C/C=C)/C(=C\C=C)S1.CC.CC.CC. The Hall–Kier alpha value is -1.67. The van der Waals surface area contributed by atoms with Crippen molar-refractivity contribution < 1.29 is 0 Å². The third-order valence-electron chi connectivity index (χ3n) is 2.11. The molecule has 0 aromatic carbocycles. The van der Waals surface area contributed by atoms with E-state index < -0.39 is 0 Å². The monoisotopic (exact) mass is 333 g/mol. The topological polar surface area (TPSA) is 12.0 Å². The Morgan fingerprint density at radius 3 is 1.78 bits per heavy atom. The summed E-state index contributed by atoms with van der Waals surface area (Å²) in [6.45, 7) is 25.2. The van der Waals surface area contributed by atoms with Crippen molar-refractivity contribution in [3.8, 4) is 0 Å². The highest BCUT2D eigenvalue weighted by Crippen LogP contribution is 2.37. The van der Waals surface area contributed by atoms with Crippen LogP contribution in [0.15, 0.2) is 83.5 Å². The Morgan fingerprint density at radius 2 is 1.35 bits per heavy atom. The molecule has 1 N–H and O–H groups in total. The molecule has 2 heteroatoms. The van der Waals surface area contributed by atoms with Gasteiger partial charge in [0.15, 0.2) is 0 Å². The number of hydrogen-bond acceptors (Lipinski definition) is 2. The molecule has 0 amide bonds. The Bertz CT molecular complexity index is 448. The first-order valence-electron chi connectivity index (χ1n) is 8.33. The van der Waals surface area contributed by atoms with Gasteiger partial charge in [-0.3, -0.25) is 0 Å². The van der Waals surface area contributed by atoms with E-state index in [0.717, 1.165) is 16.3 Å². The van der Waals surface area contributed by atoms with Crippen molar-refractivity contribution >= 4 is 11.8 Å². The van der Waals surface area contributed by atoms with Gasteiger partial charge in [0.25, 0.3) is 0 Å². The molecule has 0 fully saturated rings. The van der Waals surface area contributed by atoms with Gasteiger partial charge in [0.05, 0.1) is 5.70 Å². The molecule has 1 heterocycles. The number of hydrogen-bond donors (Lipinski definition) is 1. The standard InChI is InChI=1S/C15H17NS.3C2H6/c1-5-8-11-14-12(4)16-13(9-6-2)15(17-14)10-7-3;3*1-2/h5-11,16H,1-3H2,4H3;3*1-2H3/b11-8-,13-9+,15-10+;;;. The zero-order valence-electron chi connectivity index (χ0n) is 16.1. The third-order valence-corrected chi connectivity index (χ3v) is 3.35. The van der Waals surface area contributed by atoms with Crippen molar-refractivity contribution in [2.45, 2.75) is 48.5 Å². The highest BCUT2D eigenvalue weighted by Gasteiger charge is 2.15. The van der Waals surface area contributed by atoms with Crippen LogP contribution >= 0.6 is 11.8 Å². The molecule has 1 aliphatic heterocycles. The summed E-state index contributed by atoms with van der Waals surface area (Å²) in [6.07, 6.45) is 13.3. The van der Waals surface area contributed by atoms with E-state index in [2.05, 4.69) is 32.0 Å². The predicted molar refractivity (Wildman–Crippen MR) is 113 cm³/mol. The van der Waals surface area contributed by atoms with E-state index in [1.165, 1.54) is 4.91 Å². The second-order valence-electron chi connectivity index (χ2n) is 3.39. The average Bonchev–Trinajstić information content (AvgIpc) is 2.62. The van der Waals surface area contributed by atoms with Crippen molar-refractivity contribution in [2.75, 3.05) is 0 Å². The molecule has 130 valence electrons. The molecule has 1 rings (SSSR count). The van der Waals surface area contributed by atoms with Crippen molar-refractivity contribution in [2.24, 2.45) is 0 Å². The molecule has 0 radical (unpaired) electrons. The van der Waals surface area contributed by atoms with Crippen LogP contribution in [-0.4, -0.2) is 0 Å². The number of allylic oxidation sites excluding steroid dienone is 8. The molecular weight excluding hydrogens is 298 g/mol. The van der Waals surface area contributed by atoms with Crippen LogP contribution in [0.5, 0.6) is 0 Å². The van der Waals surface area contributed by atoms with Gasteiger partial charge in [-0.15, -0.1) is 0 Å². The molecule has 1 aliphatic rings. The molecule has 0 aromatic heterocycles. The van der Waals surface area contributed by atoms with Crippen LogP contribution in [0.1, 0.15) is 48.5 Å². The predicted octanol–water partition coefficient (Wildman–Crippen LogP) is 7.51. The van der Waals surface area contributed by atoms with Crippen LogP contribution in [0.2, 0.25) is 0 Å². The number of rotatable bonds is 4. The molecule has 0 aliphatic carbocycles. The lowest BCUT2D eigenvalue weighted by molar-refractivity contribution is 0.986. The molecule has 0 spiro atoms. The van der Waals surface area contributed by atoms with E-state index in [0.29, 0.717) is 0 Å². The third kappa shape index (κ3) is 11.5. The minimum Gasteiger partial charge on any atom is -0.357 e. The van der Waals surface area contributed by atoms with E-state index in [9.17, 15) is 0 Å². The zero-order chi connectivity index (χ0) is 18.7. The first-order valence-corrected chi connectivity index (χ1v) is 9.15. The smallest absolute Gasteiger partial charge is 0.0523 e. The van der Waals surface area contributed by atoms with E-state index in [1.807, 2.05) is 65.8 Å². The summed E-state index contributed by atoms with van der Waals surface area (Å²) in [5.41, 5.74) is 2.18. The molecule has 0 saturated carbocycles. The van der Waals surface area contributed by atoms with Crippen molar-refractivity contribution in [3.05, 3.63) is 83.5 Å². The van der Waals surface area contributed by atoms with Gasteiger partial charge in [0, 0.05) is 15.5 Å². The molecule has 0 unspecified atom stereocenters. The van der Waals surface area contributed by atoms with Crippen LogP contribution < -0.4 is 5.32 Å². The lowest BCUT2D eigenvalue weighted by Crippen LogP contribution is -2.16. The normalized spacial score (nSPS) is 16.1. The summed E-state index contributed by atoms with van der Waals surface area (Å²) in [5.74, 6) is 0. The Kier molecular flexibility index (Phi) is 23.2. The molecule has 0 aromatic rings. The Labute approximate surface area is 149 Å². The van der Waals surface area contributed by atoms with E-state index >= 15 is 0 Å². The Morgan fingerprint density at radius 1 is 0.826 bits per heavy atom. The summed E-state index contributed by atoms with van der Waals surface area (Å²) in [6, 6.07) is 0. The maximum absolute atomic E-state index is 3.73.